The summed E-state index contributed by atoms with van der Waals surface area (Å²) in [5, 5.41) is 0. The van der Waals surface area contributed by atoms with Crippen molar-refractivity contribution in [3.63, 3.8) is 0 Å². The minimum absolute atomic E-state index is 0.0330. The second kappa shape index (κ2) is 8.59. The Labute approximate surface area is 107 Å². The molecule has 0 saturated heterocycles. The zero-order chi connectivity index (χ0) is 12.6. The van der Waals surface area contributed by atoms with Gasteiger partial charge in [0.05, 0.1) is 0 Å². The van der Waals surface area contributed by atoms with E-state index in [1.54, 1.807) is 13.8 Å². The summed E-state index contributed by atoms with van der Waals surface area (Å²) in [6.45, 7) is 6.41. The Morgan fingerprint density at radius 3 is 1.38 bits per heavy atom. The van der Waals surface area contributed by atoms with Crippen molar-refractivity contribution in [3.8, 4) is 0 Å². The van der Waals surface area contributed by atoms with Gasteiger partial charge in [-0.2, -0.15) is 0 Å². The number of rotatable bonds is 7. The Morgan fingerprint density at radius 2 is 1.12 bits per heavy atom. The van der Waals surface area contributed by atoms with Crippen LogP contribution in [0.3, 0.4) is 0 Å². The van der Waals surface area contributed by atoms with Gasteiger partial charge >= 0.3 is 107 Å². The second-order valence-electron chi connectivity index (χ2n) is 3.03. The van der Waals surface area contributed by atoms with Crippen LogP contribution in [0, 0.1) is 0 Å². The quantitative estimate of drug-likeness (QED) is 0.297. The van der Waals surface area contributed by atoms with Crippen LogP contribution < -0.4 is 0 Å². The molecule has 0 radical (unpaired) electrons. The van der Waals surface area contributed by atoms with Gasteiger partial charge in [-0.3, -0.25) is 0 Å². The van der Waals surface area contributed by atoms with Crippen molar-refractivity contribution in [1.82, 2.24) is 0 Å². The van der Waals surface area contributed by atoms with E-state index in [1.165, 1.54) is 26.0 Å². The zero-order valence-corrected chi connectivity index (χ0v) is 13.0. The first-order valence-corrected chi connectivity index (χ1v) is 10.2. The van der Waals surface area contributed by atoms with E-state index < -0.39 is 0 Å². The normalized spacial score (nSPS) is 12.2. The summed E-state index contributed by atoms with van der Waals surface area (Å²) in [5.41, 5.74) is 0. The van der Waals surface area contributed by atoms with E-state index in [1.807, 2.05) is 0 Å². The molecule has 0 unspecified atom stereocenters. The molecule has 0 aromatic rings. The molecule has 0 aliphatic rings. The number of allylic oxidation sites excluding steroid dienone is 4. The summed E-state index contributed by atoms with van der Waals surface area (Å²) in [6, 6.07) is 0. The molecule has 16 heavy (non-hydrogen) atoms. The number of carbonyl (C=O) groups excluding carboxylic acids is 2. The van der Waals surface area contributed by atoms with Crippen molar-refractivity contribution >= 4 is 38.5 Å². The predicted molar refractivity (Wildman–Crippen MR) is 62.6 cm³/mol. The van der Waals surface area contributed by atoms with Crippen LogP contribution in [-0.4, -0.2) is 38.5 Å². The first-order chi connectivity index (χ1) is 7.41. The van der Waals surface area contributed by atoms with E-state index in [-0.39, 0.29) is 38.5 Å². The molecular formula is C10H14O4Se2. The van der Waals surface area contributed by atoms with E-state index in [0.29, 0.717) is 11.5 Å². The molecule has 0 aromatic carbocycles. The Kier molecular flexibility index (Phi) is 8.30. The molecule has 0 aliphatic carbocycles. The van der Waals surface area contributed by atoms with Crippen LogP contribution in [0.4, 0.5) is 0 Å². The third-order valence-electron chi connectivity index (χ3n) is 1.17. The maximum absolute atomic E-state index is 10.7. The molecule has 0 fully saturated rings. The molecule has 0 saturated carbocycles. The maximum atomic E-state index is 10.7. The number of carbonyl (C=O) groups is 2. The molecule has 0 N–H and O–H groups in total. The third kappa shape index (κ3) is 9.99. The average molecular weight is 356 g/mol. The first kappa shape index (κ1) is 15.5. The molecule has 0 spiro atoms. The third-order valence-corrected chi connectivity index (χ3v) is 4.77. The van der Waals surface area contributed by atoms with Gasteiger partial charge in [-0.05, 0) is 0 Å². The minimum atomic E-state index is -0.130. The molecule has 90 valence electrons. The summed E-state index contributed by atoms with van der Waals surface area (Å²) < 4.78 is 10.6. The van der Waals surface area contributed by atoms with Crippen molar-refractivity contribution < 1.29 is 17.2 Å². The number of hydrogen-bond donors (Lipinski definition) is 0. The molecule has 0 bridgehead atoms. The number of ketones is 2. The summed E-state index contributed by atoms with van der Waals surface area (Å²) in [4.78, 5) is 21.4. The van der Waals surface area contributed by atoms with Crippen LogP contribution in [0.15, 0.2) is 23.7 Å². The second-order valence-corrected chi connectivity index (χ2v) is 7.27. The van der Waals surface area contributed by atoms with Crippen LogP contribution in [0.5, 0.6) is 0 Å². The molecule has 0 rings (SSSR count). The van der Waals surface area contributed by atoms with E-state index in [0.717, 1.165) is 0 Å². The molecule has 6 heteroatoms. The fourth-order valence-electron chi connectivity index (χ4n) is 0.756. The predicted octanol–water partition coefficient (Wildman–Crippen LogP) is 1.16. The summed E-state index contributed by atoms with van der Waals surface area (Å²) in [6.07, 6.45) is 2.88. The van der Waals surface area contributed by atoms with Gasteiger partial charge in [0, 0.05) is 0 Å². The van der Waals surface area contributed by atoms with Gasteiger partial charge in [0.2, 0.25) is 0 Å². The van der Waals surface area contributed by atoms with E-state index >= 15 is 0 Å². The summed E-state index contributed by atoms with van der Waals surface area (Å²) in [5.74, 6) is 1.14. The molecule has 0 heterocycles. The first-order valence-electron chi connectivity index (χ1n) is 4.47. The van der Waals surface area contributed by atoms with Crippen LogP contribution >= 0.6 is 0 Å². The Balaban J connectivity index is 3.77. The molecule has 0 amide bonds. The molecule has 0 aliphatic heterocycles. The van der Waals surface area contributed by atoms with E-state index in [4.69, 9.17) is 7.64 Å². The standard InChI is InChI=1S/C10H14O4Se2/c1-7(11)5-9(3)13-15-16-14-10(4)6-8(2)12/h5-6H,1-4H3/b9-5-,10-6+. The van der Waals surface area contributed by atoms with Crippen molar-refractivity contribution in [2.24, 2.45) is 0 Å². The average Bonchev–Trinajstić information content (AvgIpc) is 2.10. The molecular weight excluding hydrogens is 342 g/mol. The molecule has 0 atom stereocenters. The van der Waals surface area contributed by atoms with Gasteiger partial charge < -0.3 is 0 Å². The molecule has 0 aromatic heterocycles. The Morgan fingerprint density at radius 1 is 0.812 bits per heavy atom. The number of hydrogen-bond acceptors (Lipinski definition) is 4. The van der Waals surface area contributed by atoms with E-state index in [9.17, 15) is 9.59 Å². The van der Waals surface area contributed by atoms with Crippen molar-refractivity contribution in [1.29, 1.82) is 0 Å². The van der Waals surface area contributed by atoms with Crippen molar-refractivity contribution in [2.75, 3.05) is 0 Å². The zero-order valence-electron chi connectivity index (χ0n) is 9.60. The monoisotopic (exact) mass is 358 g/mol. The Hall–Kier alpha value is -0.541. The SMILES string of the molecule is CC(=O)/C=C(/C)O[Se][Se]O/C(C)=C/C(C)=O. The molecule has 4 nitrogen and oxygen atoms in total. The van der Waals surface area contributed by atoms with Crippen molar-refractivity contribution in [2.45, 2.75) is 27.7 Å². The fourth-order valence-corrected chi connectivity index (χ4v) is 4.47. The van der Waals surface area contributed by atoms with Gasteiger partial charge in [0.15, 0.2) is 0 Å². The van der Waals surface area contributed by atoms with Crippen LogP contribution in [-0.2, 0) is 17.2 Å². The Bertz CT molecular complexity index is 289. The van der Waals surface area contributed by atoms with Crippen LogP contribution in [0.1, 0.15) is 27.7 Å². The van der Waals surface area contributed by atoms with Gasteiger partial charge in [-0.1, -0.05) is 0 Å². The van der Waals surface area contributed by atoms with Crippen LogP contribution in [0.2, 0.25) is 0 Å². The summed E-state index contributed by atoms with van der Waals surface area (Å²) in [7, 11) is 0. The summed E-state index contributed by atoms with van der Waals surface area (Å²) >= 11 is -0.260. The van der Waals surface area contributed by atoms with E-state index in [2.05, 4.69) is 0 Å². The van der Waals surface area contributed by atoms with Gasteiger partial charge in [0.1, 0.15) is 0 Å². The topological polar surface area (TPSA) is 52.6 Å². The van der Waals surface area contributed by atoms with Crippen LogP contribution in [0.25, 0.3) is 0 Å². The van der Waals surface area contributed by atoms with Gasteiger partial charge in [0.25, 0.3) is 0 Å². The van der Waals surface area contributed by atoms with Gasteiger partial charge in [-0.15, -0.1) is 0 Å². The van der Waals surface area contributed by atoms with Crippen molar-refractivity contribution in [3.05, 3.63) is 23.7 Å². The fraction of sp³-hybridized carbons (Fsp3) is 0.400. The van der Waals surface area contributed by atoms with Gasteiger partial charge in [-0.25, -0.2) is 0 Å².